The fourth-order valence-corrected chi connectivity index (χ4v) is 4.44. The highest BCUT2D eigenvalue weighted by Crippen LogP contribution is 2.28. The van der Waals surface area contributed by atoms with Gasteiger partial charge >= 0.3 is 6.09 Å². The second-order valence-corrected chi connectivity index (χ2v) is 8.70. The quantitative estimate of drug-likeness (QED) is 0.402. The number of para-hydroxylation sites is 1. The van der Waals surface area contributed by atoms with Crippen LogP contribution in [-0.2, 0) is 6.54 Å². The highest BCUT2D eigenvalue weighted by molar-refractivity contribution is 5.86. The average molecular weight is 433 g/mol. The summed E-state index contributed by atoms with van der Waals surface area (Å²) in [7, 11) is 0. The number of hydrogen-bond acceptors (Lipinski definition) is 4. The lowest BCUT2D eigenvalue weighted by Gasteiger charge is -2.25. The molecule has 1 aromatic heterocycles. The highest BCUT2D eigenvalue weighted by atomic mass is 16.6. The van der Waals surface area contributed by atoms with Gasteiger partial charge in [0.1, 0.15) is 11.5 Å². The molecule has 4 rings (SSSR count). The summed E-state index contributed by atoms with van der Waals surface area (Å²) in [5, 5.41) is 6.41. The van der Waals surface area contributed by atoms with Crippen molar-refractivity contribution in [1.29, 1.82) is 0 Å². The fraction of sp³-hybridized carbons (Fsp3) is 0.370. The first kappa shape index (κ1) is 22.2. The van der Waals surface area contributed by atoms with Crippen LogP contribution in [0.2, 0.25) is 0 Å². The van der Waals surface area contributed by atoms with Crippen LogP contribution < -0.4 is 15.4 Å². The van der Waals surface area contributed by atoms with E-state index in [1.807, 2.05) is 60.7 Å². The number of anilines is 1. The third-order valence-electron chi connectivity index (χ3n) is 6.16. The van der Waals surface area contributed by atoms with E-state index in [9.17, 15) is 4.79 Å². The number of carbonyl (C=O) groups is 1. The van der Waals surface area contributed by atoms with Crippen LogP contribution in [0.15, 0.2) is 71.3 Å². The summed E-state index contributed by atoms with van der Waals surface area (Å²) in [4.78, 5) is 12.5. The first-order valence-corrected chi connectivity index (χ1v) is 11.6. The molecule has 2 aromatic carbocycles. The molecule has 1 aliphatic carbocycles. The van der Waals surface area contributed by atoms with Crippen molar-refractivity contribution in [3.8, 4) is 17.1 Å². The molecule has 5 heteroatoms. The third kappa shape index (κ3) is 6.24. The number of carbonyl (C=O) groups excluding carboxylic acids is 1. The van der Waals surface area contributed by atoms with Crippen LogP contribution in [0.1, 0.15) is 51.0 Å². The van der Waals surface area contributed by atoms with Crippen LogP contribution in [0.25, 0.3) is 11.3 Å². The van der Waals surface area contributed by atoms with Crippen LogP contribution in [-0.4, -0.2) is 12.1 Å². The van der Waals surface area contributed by atoms with Crippen molar-refractivity contribution < 1.29 is 13.9 Å². The zero-order valence-corrected chi connectivity index (χ0v) is 18.7. The minimum atomic E-state index is -0.501. The fourth-order valence-electron chi connectivity index (χ4n) is 4.44. The normalized spacial score (nSPS) is 15.3. The molecule has 1 unspecified atom stereocenters. The molecule has 0 bridgehead atoms. The molecule has 0 spiro atoms. The van der Waals surface area contributed by atoms with Crippen LogP contribution in [0.3, 0.4) is 0 Å². The summed E-state index contributed by atoms with van der Waals surface area (Å²) in [6, 6.07) is 19.4. The summed E-state index contributed by atoms with van der Waals surface area (Å²) in [6.07, 6.45) is 9.18. The van der Waals surface area contributed by atoms with E-state index in [-0.39, 0.29) is 0 Å². The Morgan fingerprint density at radius 1 is 1.03 bits per heavy atom. The number of benzene rings is 2. The van der Waals surface area contributed by atoms with Crippen LogP contribution >= 0.6 is 0 Å². The number of hydrogen-bond donors (Lipinski definition) is 2. The molecule has 32 heavy (non-hydrogen) atoms. The lowest BCUT2D eigenvalue weighted by Crippen LogP contribution is -2.29. The molecule has 0 aliphatic heterocycles. The van der Waals surface area contributed by atoms with Crippen molar-refractivity contribution >= 4 is 11.8 Å². The van der Waals surface area contributed by atoms with Gasteiger partial charge in [-0.1, -0.05) is 50.3 Å². The van der Waals surface area contributed by atoms with Crippen molar-refractivity contribution in [2.45, 2.75) is 58.0 Å². The second kappa shape index (κ2) is 11.0. The Morgan fingerprint density at radius 2 is 1.81 bits per heavy atom. The van der Waals surface area contributed by atoms with Gasteiger partial charge < -0.3 is 14.5 Å². The van der Waals surface area contributed by atoms with Crippen molar-refractivity contribution in [1.82, 2.24) is 5.32 Å². The molecule has 1 aliphatic rings. The Balaban J connectivity index is 1.29. The summed E-state index contributed by atoms with van der Waals surface area (Å²) < 4.78 is 11.0. The first-order valence-electron chi connectivity index (χ1n) is 11.6. The monoisotopic (exact) mass is 432 g/mol. The van der Waals surface area contributed by atoms with E-state index in [1.54, 1.807) is 6.26 Å². The predicted octanol–water partition coefficient (Wildman–Crippen LogP) is 7.01. The molecule has 1 fully saturated rings. The molecule has 2 N–H and O–H groups in total. The van der Waals surface area contributed by atoms with E-state index in [0.717, 1.165) is 22.8 Å². The number of nitrogens with one attached hydrogen (secondary N) is 2. The molecular formula is C27H32N2O3. The van der Waals surface area contributed by atoms with E-state index in [2.05, 4.69) is 17.6 Å². The lowest BCUT2D eigenvalue weighted by atomic mass is 9.85. The SMILES string of the molecule is CC(CC1CCCCC1)NCc1ccccc1OC(=O)Nc1ccc(-c2ccco2)cc1. The van der Waals surface area contributed by atoms with Gasteiger partial charge in [-0.3, -0.25) is 5.32 Å². The first-order chi connectivity index (χ1) is 15.7. The molecule has 0 saturated heterocycles. The van der Waals surface area contributed by atoms with Gasteiger partial charge in [-0.05, 0) is 61.7 Å². The van der Waals surface area contributed by atoms with E-state index < -0.39 is 6.09 Å². The van der Waals surface area contributed by atoms with Gasteiger partial charge in [-0.25, -0.2) is 4.79 Å². The molecule has 1 atom stereocenters. The summed E-state index contributed by atoms with van der Waals surface area (Å²) >= 11 is 0. The minimum absolute atomic E-state index is 0.438. The zero-order chi connectivity index (χ0) is 22.2. The Morgan fingerprint density at radius 3 is 2.56 bits per heavy atom. The van der Waals surface area contributed by atoms with Crippen LogP contribution in [0.5, 0.6) is 5.75 Å². The Bertz CT molecular complexity index is 976. The van der Waals surface area contributed by atoms with Gasteiger partial charge in [0.15, 0.2) is 0 Å². The van der Waals surface area contributed by atoms with E-state index in [0.29, 0.717) is 24.0 Å². The van der Waals surface area contributed by atoms with Crippen molar-refractivity contribution in [3.05, 3.63) is 72.5 Å². The average Bonchev–Trinajstić information content (AvgIpc) is 3.35. The van der Waals surface area contributed by atoms with Crippen molar-refractivity contribution in [3.63, 3.8) is 0 Å². The van der Waals surface area contributed by atoms with Gasteiger partial charge in [0.2, 0.25) is 0 Å². The largest absolute Gasteiger partial charge is 0.464 e. The maximum atomic E-state index is 12.5. The van der Waals surface area contributed by atoms with E-state index in [4.69, 9.17) is 9.15 Å². The molecule has 1 heterocycles. The van der Waals surface area contributed by atoms with E-state index >= 15 is 0 Å². The molecule has 1 amide bonds. The molecule has 168 valence electrons. The Hall–Kier alpha value is -3.05. The maximum absolute atomic E-state index is 12.5. The lowest BCUT2D eigenvalue weighted by molar-refractivity contribution is 0.214. The summed E-state index contributed by atoms with van der Waals surface area (Å²) in [6.45, 7) is 2.92. The molecular weight excluding hydrogens is 400 g/mol. The molecule has 1 saturated carbocycles. The predicted molar refractivity (Wildman–Crippen MR) is 128 cm³/mol. The van der Waals surface area contributed by atoms with Crippen LogP contribution in [0.4, 0.5) is 10.5 Å². The highest BCUT2D eigenvalue weighted by Gasteiger charge is 2.17. The van der Waals surface area contributed by atoms with Gasteiger partial charge in [0.05, 0.1) is 6.26 Å². The second-order valence-electron chi connectivity index (χ2n) is 8.70. The Labute approximate surface area is 190 Å². The molecule has 3 aromatic rings. The molecule has 0 radical (unpaired) electrons. The van der Waals surface area contributed by atoms with Gasteiger partial charge in [-0.2, -0.15) is 0 Å². The number of ether oxygens (including phenoxy) is 1. The topological polar surface area (TPSA) is 63.5 Å². The standard InChI is InChI=1S/C27H32N2O3/c1-20(18-21-8-3-2-4-9-21)28-19-23-10-5-6-11-26(23)32-27(30)29-24-15-13-22(14-16-24)25-12-7-17-31-25/h5-7,10-17,20-21,28H,2-4,8-9,18-19H2,1H3,(H,29,30). The van der Waals surface area contributed by atoms with Gasteiger partial charge in [0, 0.05) is 29.4 Å². The summed E-state index contributed by atoms with van der Waals surface area (Å²) in [5.74, 6) is 2.20. The van der Waals surface area contributed by atoms with Crippen molar-refractivity contribution in [2.24, 2.45) is 5.92 Å². The van der Waals surface area contributed by atoms with Gasteiger partial charge in [-0.15, -0.1) is 0 Å². The Kier molecular flexibility index (Phi) is 7.62. The van der Waals surface area contributed by atoms with Crippen molar-refractivity contribution in [2.75, 3.05) is 5.32 Å². The number of amides is 1. The van der Waals surface area contributed by atoms with Gasteiger partial charge in [0.25, 0.3) is 0 Å². The minimum Gasteiger partial charge on any atom is -0.464 e. The summed E-state index contributed by atoms with van der Waals surface area (Å²) in [5.41, 5.74) is 2.60. The van der Waals surface area contributed by atoms with E-state index in [1.165, 1.54) is 38.5 Å². The molecule has 5 nitrogen and oxygen atoms in total. The third-order valence-corrected chi connectivity index (χ3v) is 6.16. The number of rotatable bonds is 8. The maximum Gasteiger partial charge on any atom is 0.417 e. The number of furan rings is 1. The van der Waals surface area contributed by atoms with Crippen LogP contribution in [0, 0.1) is 5.92 Å². The zero-order valence-electron chi connectivity index (χ0n) is 18.7. The smallest absolute Gasteiger partial charge is 0.417 e.